The van der Waals surface area contributed by atoms with E-state index in [1.54, 1.807) is 0 Å². The SMILES string of the molecule is CCNC(=NCc1cccc(OCC(C)C)c1)NCCCN1CCCC1=O. The molecule has 1 fully saturated rings. The number of amides is 1. The molecule has 6 heteroatoms. The first kappa shape index (κ1) is 21.1. The van der Waals surface area contributed by atoms with E-state index in [0.717, 1.165) is 62.9 Å². The second kappa shape index (κ2) is 11.5. The van der Waals surface area contributed by atoms with Crippen molar-refractivity contribution < 1.29 is 9.53 Å². The predicted octanol–water partition coefficient (Wildman–Crippen LogP) is 2.79. The molecule has 1 amide bonds. The van der Waals surface area contributed by atoms with Crippen LogP contribution >= 0.6 is 0 Å². The highest BCUT2D eigenvalue weighted by Crippen LogP contribution is 2.15. The molecule has 0 atom stereocenters. The van der Waals surface area contributed by atoms with Crippen LogP contribution in [0.5, 0.6) is 5.75 Å². The fourth-order valence-electron chi connectivity index (χ4n) is 2.93. The fraction of sp³-hybridized carbons (Fsp3) is 0.619. The zero-order chi connectivity index (χ0) is 19.5. The van der Waals surface area contributed by atoms with Crippen molar-refractivity contribution in [1.29, 1.82) is 0 Å². The van der Waals surface area contributed by atoms with E-state index in [1.807, 2.05) is 17.0 Å². The van der Waals surface area contributed by atoms with Gasteiger partial charge in [0.1, 0.15) is 5.75 Å². The molecule has 1 aliphatic rings. The van der Waals surface area contributed by atoms with Gasteiger partial charge in [-0.1, -0.05) is 26.0 Å². The summed E-state index contributed by atoms with van der Waals surface area (Å²) in [6.07, 6.45) is 2.63. The molecule has 1 heterocycles. The van der Waals surface area contributed by atoms with Gasteiger partial charge in [0, 0.05) is 32.6 Å². The highest BCUT2D eigenvalue weighted by molar-refractivity contribution is 5.79. The number of ether oxygens (including phenoxy) is 1. The molecule has 0 spiro atoms. The maximum atomic E-state index is 11.6. The lowest BCUT2D eigenvalue weighted by molar-refractivity contribution is -0.127. The molecule has 0 aliphatic carbocycles. The van der Waals surface area contributed by atoms with E-state index in [4.69, 9.17) is 4.74 Å². The lowest BCUT2D eigenvalue weighted by Crippen LogP contribution is -2.39. The number of nitrogens with zero attached hydrogens (tertiary/aromatic N) is 2. The number of hydrogen-bond donors (Lipinski definition) is 2. The van der Waals surface area contributed by atoms with Crippen LogP contribution in [0.1, 0.15) is 45.6 Å². The highest BCUT2D eigenvalue weighted by atomic mass is 16.5. The summed E-state index contributed by atoms with van der Waals surface area (Å²) in [5, 5.41) is 6.63. The van der Waals surface area contributed by atoms with Gasteiger partial charge in [-0.3, -0.25) is 4.79 Å². The number of guanidine groups is 1. The quantitative estimate of drug-likeness (QED) is 0.375. The predicted molar refractivity (Wildman–Crippen MR) is 110 cm³/mol. The molecule has 0 unspecified atom stereocenters. The average Bonchev–Trinajstić information content (AvgIpc) is 3.06. The van der Waals surface area contributed by atoms with Crippen molar-refractivity contribution >= 4 is 11.9 Å². The van der Waals surface area contributed by atoms with Gasteiger partial charge in [-0.05, 0) is 43.4 Å². The molecular formula is C21H34N4O2. The minimum atomic E-state index is 0.287. The summed E-state index contributed by atoms with van der Waals surface area (Å²) in [7, 11) is 0. The van der Waals surface area contributed by atoms with Gasteiger partial charge in [0.15, 0.2) is 5.96 Å². The molecule has 150 valence electrons. The largest absolute Gasteiger partial charge is 0.493 e. The summed E-state index contributed by atoms with van der Waals surface area (Å²) in [4.78, 5) is 18.3. The lowest BCUT2D eigenvalue weighted by Gasteiger charge is -2.16. The first-order chi connectivity index (χ1) is 13.1. The maximum absolute atomic E-state index is 11.6. The number of benzene rings is 1. The molecule has 1 aromatic rings. The minimum Gasteiger partial charge on any atom is -0.493 e. The van der Waals surface area contributed by atoms with Crippen molar-refractivity contribution in [3.8, 4) is 5.75 Å². The number of likely N-dealkylation sites (tertiary alicyclic amines) is 1. The first-order valence-corrected chi connectivity index (χ1v) is 10.1. The van der Waals surface area contributed by atoms with E-state index in [-0.39, 0.29) is 5.91 Å². The molecule has 0 saturated carbocycles. The van der Waals surface area contributed by atoms with Crippen molar-refractivity contribution in [3.05, 3.63) is 29.8 Å². The van der Waals surface area contributed by atoms with Gasteiger partial charge >= 0.3 is 0 Å². The Morgan fingerprint density at radius 1 is 1.33 bits per heavy atom. The minimum absolute atomic E-state index is 0.287. The van der Waals surface area contributed by atoms with Crippen molar-refractivity contribution in [2.75, 3.05) is 32.8 Å². The van der Waals surface area contributed by atoms with Crippen LogP contribution in [0.2, 0.25) is 0 Å². The van der Waals surface area contributed by atoms with Crippen LogP contribution < -0.4 is 15.4 Å². The topological polar surface area (TPSA) is 66.0 Å². The number of rotatable bonds is 10. The zero-order valence-corrected chi connectivity index (χ0v) is 17.0. The van der Waals surface area contributed by atoms with E-state index in [9.17, 15) is 4.79 Å². The monoisotopic (exact) mass is 374 g/mol. The van der Waals surface area contributed by atoms with E-state index < -0.39 is 0 Å². The summed E-state index contributed by atoms with van der Waals surface area (Å²) >= 11 is 0. The Morgan fingerprint density at radius 3 is 2.89 bits per heavy atom. The van der Waals surface area contributed by atoms with Gasteiger partial charge in [0.05, 0.1) is 13.2 Å². The third-order valence-corrected chi connectivity index (χ3v) is 4.31. The van der Waals surface area contributed by atoms with Crippen LogP contribution in [-0.4, -0.2) is 49.6 Å². The fourth-order valence-corrected chi connectivity index (χ4v) is 2.93. The van der Waals surface area contributed by atoms with Crippen molar-refractivity contribution in [3.63, 3.8) is 0 Å². The third kappa shape index (κ3) is 7.89. The van der Waals surface area contributed by atoms with Gasteiger partial charge in [0.2, 0.25) is 5.91 Å². The van der Waals surface area contributed by atoms with Crippen LogP contribution in [-0.2, 0) is 11.3 Å². The molecule has 1 aromatic carbocycles. The molecule has 2 N–H and O–H groups in total. The number of carbonyl (C=O) groups excluding carboxylic acids is 1. The van der Waals surface area contributed by atoms with E-state index in [1.165, 1.54) is 0 Å². The molecule has 2 rings (SSSR count). The van der Waals surface area contributed by atoms with Crippen molar-refractivity contribution in [2.45, 2.75) is 46.6 Å². The molecule has 6 nitrogen and oxygen atoms in total. The van der Waals surface area contributed by atoms with Gasteiger partial charge in [0.25, 0.3) is 0 Å². The van der Waals surface area contributed by atoms with Crippen LogP contribution in [0.3, 0.4) is 0 Å². The highest BCUT2D eigenvalue weighted by Gasteiger charge is 2.18. The van der Waals surface area contributed by atoms with Gasteiger partial charge < -0.3 is 20.3 Å². The summed E-state index contributed by atoms with van der Waals surface area (Å²) < 4.78 is 5.79. The Hall–Kier alpha value is -2.24. The van der Waals surface area contributed by atoms with Crippen LogP contribution in [0, 0.1) is 5.92 Å². The number of aliphatic imine (C=N–C) groups is 1. The summed E-state index contributed by atoms with van der Waals surface area (Å²) in [5.41, 5.74) is 1.12. The molecule has 0 aromatic heterocycles. The van der Waals surface area contributed by atoms with Crippen molar-refractivity contribution in [2.24, 2.45) is 10.9 Å². The normalized spacial score (nSPS) is 14.7. The number of nitrogens with one attached hydrogen (secondary N) is 2. The Morgan fingerprint density at radius 2 is 2.19 bits per heavy atom. The van der Waals surface area contributed by atoms with E-state index >= 15 is 0 Å². The molecule has 1 aliphatic heterocycles. The van der Waals surface area contributed by atoms with Crippen molar-refractivity contribution in [1.82, 2.24) is 15.5 Å². The van der Waals surface area contributed by atoms with E-state index in [0.29, 0.717) is 18.9 Å². The first-order valence-electron chi connectivity index (χ1n) is 10.1. The standard InChI is InChI=1S/C21H34N4O2/c1-4-22-21(23-11-7-13-25-12-6-10-20(25)26)24-15-18-8-5-9-19(14-18)27-16-17(2)3/h5,8-9,14,17H,4,6-7,10-13,15-16H2,1-3H3,(H2,22,23,24). The molecular weight excluding hydrogens is 340 g/mol. The second-order valence-electron chi connectivity index (χ2n) is 7.31. The summed E-state index contributed by atoms with van der Waals surface area (Å²) in [5.74, 6) is 2.49. The molecule has 27 heavy (non-hydrogen) atoms. The Balaban J connectivity index is 1.79. The van der Waals surface area contributed by atoms with Crippen LogP contribution in [0.15, 0.2) is 29.3 Å². The number of hydrogen-bond acceptors (Lipinski definition) is 3. The summed E-state index contributed by atoms with van der Waals surface area (Å²) in [6.45, 7) is 11.0. The Kier molecular flexibility index (Phi) is 8.95. The van der Waals surface area contributed by atoms with Crippen LogP contribution in [0.25, 0.3) is 0 Å². The second-order valence-corrected chi connectivity index (χ2v) is 7.31. The molecule has 1 saturated heterocycles. The lowest BCUT2D eigenvalue weighted by atomic mass is 10.2. The third-order valence-electron chi connectivity index (χ3n) is 4.31. The van der Waals surface area contributed by atoms with E-state index in [2.05, 4.69) is 48.5 Å². The summed E-state index contributed by atoms with van der Waals surface area (Å²) in [6, 6.07) is 8.11. The average molecular weight is 375 g/mol. The zero-order valence-electron chi connectivity index (χ0n) is 17.0. The smallest absolute Gasteiger partial charge is 0.222 e. The van der Waals surface area contributed by atoms with Gasteiger partial charge in [-0.15, -0.1) is 0 Å². The Labute approximate surface area is 163 Å². The molecule has 0 radical (unpaired) electrons. The number of carbonyl (C=O) groups is 1. The van der Waals surface area contributed by atoms with Crippen LogP contribution in [0.4, 0.5) is 0 Å². The van der Waals surface area contributed by atoms with Gasteiger partial charge in [-0.2, -0.15) is 0 Å². The Bertz CT molecular complexity index is 616. The van der Waals surface area contributed by atoms with Gasteiger partial charge in [-0.25, -0.2) is 4.99 Å². The molecule has 0 bridgehead atoms. The maximum Gasteiger partial charge on any atom is 0.222 e.